The van der Waals surface area contributed by atoms with Crippen LogP contribution in [0.2, 0.25) is 0 Å². The van der Waals surface area contributed by atoms with Crippen molar-refractivity contribution in [1.82, 2.24) is 16.2 Å². The first-order chi connectivity index (χ1) is 11.6. The molecular weight excluding hydrogens is 378 g/mol. The molecule has 0 aliphatic carbocycles. The molecular formula is C16H14BrN3O4. The average Bonchev–Trinajstić information content (AvgIpc) is 3.10. The number of nitrogens with one attached hydrogen (secondary N) is 3. The van der Waals surface area contributed by atoms with Gasteiger partial charge in [-0.25, -0.2) is 0 Å². The van der Waals surface area contributed by atoms with Crippen LogP contribution in [0, 0.1) is 0 Å². The zero-order chi connectivity index (χ0) is 17.4. The van der Waals surface area contributed by atoms with Gasteiger partial charge in [0, 0.05) is 10.5 Å². The number of benzene rings is 1. The van der Waals surface area contributed by atoms with E-state index < -0.39 is 17.7 Å². The highest BCUT2D eigenvalue weighted by Crippen LogP contribution is 2.16. The SMILES string of the molecule is O=C(/C=C/c1ccccc1Br)NNC(=O)C(=O)NCc1ccco1. The van der Waals surface area contributed by atoms with Gasteiger partial charge in [0.25, 0.3) is 5.91 Å². The summed E-state index contributed by atoms with van der Waals surface area (Å²) in [6, 6.07) is 10.7. The highest BCUT2D eigenvalue weighted by molar-refractivity contribution is 9.10. The summed E-state index contributed by atoms with van der Waals surface area (Å²) in [7, 11) is 0. The Morgan fingerprint density at radius 3 is 2.54 bits per heavy atom. The molecule has 0 saturated heterocycles. The van der Waals surface area contributed by atoms with Gasteiger partial charge in [-0.2, -0.15) is 0 Å². The van der Waals surface area contributed by atoms with E-state index in [9.17, 15) is 14.4 Å². The summed E-state index contributed by atoms with van der Waals surface area (Å²) in [5.74, 6) is -1.93. The second-order valence-corrected chi connectivity index (χ2v) is 5.41. The fourth-order valence-electron chi connectivity index (χ4n) is 1.65. The molecule has 124 valence electrons. The van der Waals surface area contributed by atoms with Crippen LogP contribution < -0.4 is 16.2 Å². The number of amides is 3. The second kappa shape index (κ2) is 8.68. The lowest BCUT2D eigenvalue weighted by atomic mass is 10.2. The molecule has 2 rings (SSSR count). The predicted molar refractivity (Wildman–Crippen MR) is 90.0 cm³/mol. The van der Waals surface area contributed by atoms with Crippen LogP contribution in [0.4, 0.5) is 0 Å². The lowest BCUT2D eigenvalue weighted by Crippen LogP contribution is -2.47. The Hall–Kier alpha value is -2.87. The summed E-state index contributed by atoms with van der Waals surface area (Å²) in [6.45, 7) is 0.0785. The maximum absolute atomic E-state index is 11.6. The quantitative estimate of drug-likeness (QED) is 0.417. The van der Waals surface area contributed by atoms with E-state index in [0.29, 0.717) is 5.76 Å². The lowest BCUT2D eigenvalue weighted by molar-refractivity contribution is -0.140. The van der Waals surface area contributed by atoms with E-state index in [1.54, 1.807) is 18.2 Å². The normalized spacial score (nSPS) is 10.4. The number of hydrazine groups is 1. The summed E-state index contributed by atoms with van der Waals surface area (Å²) >= 11 is 3.35. The van der Waals surface area contributed by atoms with Crippen LogP contribution >= 0.6 is 15.9 Å². The zero-order valence-corrected chi connectivity index (χ0v) is 14.0. The largest absolute Gasteiger partial charge is 0.467 e. The first-order valence-electron chi connectivity index (χ1n) is 6.89. The topological polar surface area (TPSA) is 100 Å². The van der Waals surface area contributed by atoms with E-state index >= 15 is 0 Å². The number of hydrogen-bond donors (Lipinski definition) is 3. The maximum atomic E-state index is 11.6. The monoisotopic (exact) mass is 391 g/mol. The molecule has 2 aromatic rings. The summed E-state index contributed by atoms with van der Waals surface area (Å²) in [4.78, 5) is 34.7. The third-order valence-corrected chi connectivity index (χ3v) is 3.55. The third kappa shape index (κ3) is 5.40. The molecule has 0 saturated carbocycles. The minimum Gasteiger partial charge on any atom is -0.467 e. The Morgan fingerprint density at radius 1 is 1.04 bits per heavy atom. The van der Waals surface area contributed by atoms with Gasteiger partial charge in [0.15, 0.2) is 0 Å². The van der Waals surface area contributed by atoms with Crippen molar-refractivity contribution in [1.29, 1.82) is 0 Å². The number of hydrogen-bond acceptors (Lipinski definition) is 4. The van der Waals surface area contributed by atoms with Crippen molar-refractivity contribution in [2.45, 2.75) is 6.54 Å². The van der Waals surface area contributed by atoms with E-state index in [-0.39, 0.29) is 6.54 Å². The third-order valence-electron chi connectivity index (χ3n) is 2.83. The standard InChI is InChI=1S/C16H14BrN3O4/c17-13-6-2-1-4-11(13)7-8-14(21)19-20-16(23)15(22)18-10-12-5-3-9-24-12/h1-9H,10H2,(H,18,22)(H,19,21)(H,20,23)/b8-7+. The van der Waals surface area contributed by atoms with Gasteiger partial charge < -0.3 is 9.73 Å². The van der Waals surface area contributed by atoms with Crippen LogP contribution in [0.1, 0.15) is 11.3 Å². The number of carbonyl (C=O) groups is 3. The van der Waals surface area contributed by atoms with E-state index in [1.807, 2.05) is 29.7 Å². The molecule has 3 amide bonds. The molecule has 0 unspecified atom stereocenters. The molecule has 0 aliphatic rings. The fourth-order valence-corrected chi connectivity index (χ4v) is 2.07. The molecule has 1 aromatic carbocycles. The second-order valence-electron chi connectivity index (χ2n) is 4.56. The summed E-state index contributed by atoms with van der Waals surface area (Å²) in [5, 5.41) is 2.35. The van der Waals surface area contributed by atoms with Gasteiger partial charge in [-0.1, -0.05) is 34.1 Å². The molecule has 0 aliphatic heterocycles. The molecule has 0 spiro atoms. The van der Waals surface area contributed by atoms with Crippen molar-refractivity contribution in [2.24, 2.45) is 0 Å². The van der Waals surface area contributed by atoms with Crippen molar-refractivity contribution in [3.63, 3.8) is 0 Å². The number of halogens is 1. The molecule has 0 bridgehead atoms. The van der Waals surface area contributed by atoms with E-state index in [1.165, 1.54) is 12.3 Å². The minimum absolute atomic E-state index is 0.0785. The molecule has 24 heavy (non-hydrogen) atoms. The smallest absolute Gasteiger partial charge is 0.327 e. The Kier molecular flexibility index (Phi) is 6.32. The summed E-state index contributed by atoms with van der Waals surface area (Å²) < 4.78 is 5.85. The minimum atomic E-state index is -0.982. The Labute approximate surface area is 146 Å². The van der Waals surface area contributed by atoms with E-state index in [4.69, 9.17) is 4.42 Å². The first kappa shape index (κ1) is 17.5. The van der Waals surface area contributed by atoms with Crippen LogP contribution in [0.25, 0.3) is 6.08 Å². The van der Waals surface area contributed by atoms with Crippen molar-refractivity contribution in [3.05, 3.63) is 64.5 Å². The zero-order valence-electron chi connectivity index (χ0n) is 12.4. The number of carbonyl (C=O) groups excluding carboxylic acids is 3. The van der Waals surface area contributed by atoms with Gasteiger partial charge in [-0.3, -0.25) is 25.2 Å². The van der Waals surface area contributed by atoms with Gasteiger partial charge in [0.05, 0.1) is 12.8 Å². The molecule has 1 heterocycles. The van der Waals surface area contributed by atoms with E-state index in [0.717, 1.165) is 10.0 Å². The van der Waals surface area contributed by atoms with E-state index in [2.05, 4.69) is 26.7 Å². The molecule has 8 heteroatoms. The van der Waals surface area contributed by atoms with Gasteiger partial charge in [0.1, 0.15) is 5.76 Å². The summed E-state index contributed by atoms with van der Waals surface area (Å²) in [6.07, 6.45) is 4.27. The predicted octanol–water partition coefficient (Wildman–Crippen LogP) is 1.52. The van der Waals surface area contributed by atoms with Crippen molar-refractivity contribution < 1.29 is 18.8 Å². The molecule has 3 N–H and O–H groups in total. The highest BCUT2D eigenvalue weighted by Gasteiger charge is 2.13. The Bertz CT molecular complexity index is 756. The van der Waals surface area contributed by atoms with Crippen molar-refractivity contribution >= 4 is 39.7 Å². The average molecular weight is 392 g/mol. The lowest BCUT2D eigenvalue weighted by Gasteiger charge is -2.05. The van der Waals surface area contributed by atoms with Gasteiger partial charge >= 0.3 is 11.8 Å². The molecule has 7 nitrogen and oxygen atoms in total. The van der Waals surface area contributed by atoms with Gasteiger partial charge in [-0.15, -0.1) is 0 Å². The first-order valence-corrected chi connectivity index (χ1v) is 7.68. The van der Waals surface area contributed by atoms with Gasteiger partial charge in [0.2, 0.25) is 0 Å². The van der Waals surface area contributed by atoms with Crippen molar-refractivity contribution in [3.8, 4) is 0 Å². The van der Waals surface area contributed by atoms with Crippen LogP contribution in [-0.2, 0) is 20.9 Å². The number of rotatable bonds is 4. The molecule has 0 radical (unpaired) electrons. The van der Waals surface area contributed by atoms with Crippen molar-refractivity contribution in [2.75, 3.05) is 0 Å². The van der Waals surface area contributed by atoms with Crippen LogP contribution in [0.3, 0.4) is 0 Å². The van der Waals surface area contributed by atoms with Crippen LogP contribution in [0.5, 0.6) is 0 Å². The molecule has 1 aromatic heterocycles. The number of furan rings is 1. The molecule has 0 fully saturated rings. The van der Waals surface area contributed by atoms with Crippen LogP contribution in [0.15, 0.2) is 57.6 Å². The van der Waals surface area contributed by atoms with Crippen LogP contribution in [-0.4, -0.2) is 17.7 Å². The maximum Gasteiger partial charge on any atom is 0.327 e. The molecule has 0 atom stereocenters. The Balaban J connectivity index is 1.75. The van der Waals surface area contributed by atoms with Gasteiger partial charge in [-0.05, 0) is 29.8 Å². The summed E-state index contributed by atoms with van der Waals surface area (Å²) in [5.41, 5.74) is 4.94. The Morgan fingerprint density at radius 2 is 1.83 bits per heavy atom. The fraction of sp³-hybridized carbons (Fsp3) is 0.0625. The highest BCUT2D eigenvalue weighted by atomic mass is 79.9.